The zero-order valence-electron chi connectivity index (χ0n) is 12.2. The Bertz CT molecular complexity index is 494. The molecule has 0 saturated carbocycles. The quantitative estimate of drug-likeness (QED) is 0.886. The maximum atomic E-state index is 12.2. The van der Waals surface area contributed by atoms with E-state index in [0.717, 1.165) is 15.6 Å². The molecule has 6 heteroatoms. The van der Waals surface area contributed by atoms with E-state index in [1.807, 2.05) is 20.8 Å². The van der Waals surface area contributed by atoms with Crippen LogP contribution in [0.25, 0.3) is 0 Å². The first-order valence-corrected chi connectivity index (χ1v) is 6.98. The van der Waals surface area contributed by atoms with E-state index in [1.165, 1.54) is 6.92 Å². The van der Waals surface area contributed by atoms with Crippen LogP contribution in [0.2, 0.25) is 0 Å². The first kappa shape index (κ1) is 15.6. The Morgan fingerprint density at radius 3 is 2.32 bits per heavy atom. The number of carbonyl (C=O) groups excluding carboxylic acids is 2. The van der Waals surface area contributed by atoms with Gasteiger partial charge in [0.15, 0.2) is 0 Å². The van der Waals surface area contributed by atoms with E-state index in [0.29, 0.717) is 0 Å². The van der Waals surface area contributed by atoms with Crippen molar-refractivity contribution in [1.29, 1.82) is 0 Å². The summed E-state index contributed by atoms with van der Waals surface area (Å²) in [7, 11) is 0. The first-order chi connectivity index (χ1) is 8.63. The van der Waals surface area contributed by atoms with E-state index in [2.05, 4.69) is 15.6 Å². The molecule has 1 heterocycles. The van der Waals surface area contributed by atoms with E-state index in [1.54, 1.807) is 25.2 Å². The van der Waals surface area contributed by atoms with Crippen LogP contribution in [0, 0.1) is 13.8 Å². The lowest BCUT2D eigenvalue weighted by Gasteiger charge is -2.26. The fourth-order valence-electron chi connectivity index (χ4n) is 1.89. The van der Waals surface area contributed by atoms with Crippen molar-refractivity contribution in [2.45, 2.75) is 53.1 Å². The van der Waals surface area contributed by atoms with Crippen molar-refractivity contribution < 1.29 is 9.59 Å². The Balaban J connectivity index is 2.76. The fourth-order valence-corrected chi connectivity index (χ4v) is 2.80. The predicted octanol–water partition coefficient (Wildman–Crippen LogP) is 1.85. The van der Waals surface area contributed by atoms with Crippen molar-refractivity contribution in [3.8, 4) is 0 Å². The summed E-state index contributed by atoms with van der Waals surface area (Å²) < 4.78 is 0. The summed E-state index contributed by atoms with van der Waals surface area (Å²) in [5.41, 5.74) is -0.0477. The second-order valence-electron chi connectivity index (χ2n) is 5.18. The number of nitrogens with zero attached hydrogens (tertiary/aromatic N) is 1. The number of aryl methyl sites for hydroxylation is 2. The lowest BCUT2D eigenvalue weighted by atomic mass is 10.0. The van der Waals surface area contributed by atoms with Gasteiger partial charge in [0.25, 0.3) is 0 Å². The van der Waals surface area contributed by atoms with Crippen LogP contribution in [-0.4, -0.2) is 22.3 Å². The lowest BCUT2D eigenvalue weighted by molar-refractivity contribution is -0.132. The minimum atomic E-state index is -0.931. The third-order valence-electron chi connectivity index (χ3n) is 2.75. The average molecular weight is 283 g/mol. The van der Waals surface area contributed by atoms with Gasteiger partial charge in [0, 0.05) is 11.8 Å². The molecule has 0 saturated heterocycles. The fraction of sp³-hybridized carbons (Fsp3) is 0.615. The molecule has 0 radical (unpaired) electrons. The summed E-state index contributed by atoms with van der Waals surface area (Å²) in [5.74, 6) is -0.450. The van der Waals surface area contributed by atoms with Crippen LogP contribution in [0.5, 0.6) is 0 Å². The average Bonchev–Trinajstić information content (AvgIpc) is 2.55. The number of thiazole rings is 1. The third kappa shape index (κ3) is 4.02. The van der Waals surface area contributed by atoms with Gasteiger partial charge in [0.05, 0.1) is 16.7 Å². The molecule has 2 N–H and O–H groups in total. The van der Waals surface area contributed by atoms with Crippen molar-refractivity contribution >= 4 is 23.2 Å². The highest BCUT2D eigenvalue weighted by molar-refractivity contribution is 7.11. The van der Waals surface area contributed by atoms with Crippen LogP contribution in [0.3, 0.4) is 0 Å². The molecule has 1 aromatic heterocycles. The Morgan fingerprint density at radius 2 is 1.89 bits per heavy atom. The first-order valence-electron chi connectivity index (χ1n) is 6.17. The normalized spacial score (nSPS) is 12.9. The molecule has 1 aromatic rings. The molecule has 0 aliphatic rings. The van der Waals surface area contributed by atoms with Crippen LogP contribution in [0.15, 0.2) is 0 Å². The zero-order chi connectivity index (χ0) is 14.8. The minimum absolute atomic E-state index is 0.175. The van der Waals surface area contributed by atoms with Crippen molar-refractivity contribution in [2.75, 3.05) is 0 Å². The smallest absolute Gasteiger partial charge is 0.245 e. The number of rotatable bonds is 4. The molecular weight excluding hydrogens is 262 g/mol. The molecule has 19 heavy (non-hydrogen) atoms. The second kappa shape index (κ2) is 5.69. The van der Waals surface area contributed by atoms with Gasteiger partial charge < -0.3 is 10.6 Å². The monoisotopic (exact) mass is 283 g/mol. The number of nitrogens with one attached hydrogen (secondary N) is 2. The van der Waals surface area contributed by atoms with Gasteiger partial charge in [0.2, 0.25) is 11.8 Å². The number of aromatic nitrogens is 1. The van der Waals surface area contributed by atoms with Gasteiger partial charge in [-0.15, -0.1) is 11.3 Å². The Hall–Kier alpha value is -1.43. The van der Waals surface area contributed by atoms with Crippen molar-refractivity contribution in [2.24, 2.45) is 0 Å². The van der Waals surface area contributed by atoms with Crippen LogP contribution in [-0.2, 0) is 9.59 Å². The van der Waals surface area contributed by atoms with Crippen LogP contribution >= 0.6 is 11.3 Å². The minimum Gasteiger partial charge on any atom is -0.346 e. The highest BCUT2D eigenvalue weighted by Crippen LogP contribution is 2.22. The maximum Gasteiger partial charge on any atom is 0.245 e. The molecule has 2 amide bonds. The van der Waals surface area contributed by atoms with Crippen molar-refractivity contribution in [1.82, 2.24) is 15.6 Å². The largest absolute Gasteiger partial charge is 0.346 e. The summed E-state index contributed by atoms with van der Waals surface area (Å²) in [6.45, 7) is 10.6. The molecule has 0 aromatic carbocycles. The molecule has 1 unspecified atom stereocenters. The summed E-state index contributed by atoms with van der Waals surface area (Å²) in [4.78, 5) is 28.7. The van der Waals surface area contributed by atoms with Crippen LogP contribution < -0.4 is 10.6 Å². The molecular formula is C13H21N3O2S. The molecule has 0 bridgehead atoms. The van der Waals surface area contributed by atoms with Crippen molar-refractivity contribution in [3.63, 3.8) is 0 Å². The summed E-state index contributed by atoms with van der Waals surface area (Å²) in [6, 6.07) is -0.175. The second-order valence-corrected chi connectivity index (χ2v) is 6.58. The lowest BCUT2D eigenvalue weighted by Crippen LogP contribution is -2.54. The number of hydrogen-bond acceptors (Lipinski definition) is 4. The van der Waals surface area contributed by atoms with E-state index in [4.69, 9.17) is 0 Å². The number of carbonyl (C=O) groups is 2. The van der Waals surface area contributed by atoms with Gasteiger partial charge in [-0.2, -0.15) is 0 Å². The van der Waals surface area contributed by atoms with Gasteiger partial charge in [-0.1, -0.05) is 0 Å². The summed E-state index contributed by atoms with van der Waals surface area (Å²) in [6.07, 6.45) is 0. The SMILES string of the molecule is CC(=O)NC(C)(C)C(=O)NC(C)c1nc(C)sc1C. The summed E-state index contributed by atoms with van der Waals surface area (Å²) in [5, 5.41) is 6.49. The third-order valence-corrected chi connectivity index (χ3v) is 3.66. The van der Waals surface area contributed by atoms with Crippen LogP contribution in [0.4, 0.5) is 0 Å². The maximum absolute atomic E-state index is 12.2. The topological polar surface area (TPSA) is 71.1 Å². The highest BCUT2D eigenvalue weighted by Gasteiger charge is 2.30. The van der Waals surface area contributed by atoms with E-state index >= 15 is 0 Å². The Kier molecular flexibility index (Phi) is 4.68. The molecule has 0 fully saturated rings. The van der Waals surface area contributed by atoms with Gasteiger partial charge >= 0.3 is 0 Å². The van der Waals surface area contributed by atoms with Gasteiger partial charge in [-0.25, -0.2) is 4.98 Å². The number of amides is 2. The molecule has 0 aliphatic carbocycles. The van der Waals surface area contributed by atoms with Gasteiger partial charge in [-0.3, -0.25) is 9.59 Å². The van der Waals surface area contributed by atoms with Gasteiger partial charge in [0.1, 0.15) is 5.54 Å². The zero-order valence-corrected chi connectivity index (χ0v) is 13.1. The molecule has 106 valence electrons. The predicted molar refractivity (Wildman–Crippen MR) is 76.0 cm³/mol. The van der Waals surface area contributed by atoms with Gasteiger partial charge in [-0.05, 0) is 34.6 Å². The molecule has 0 spiro atoms. The van der Waals surface area contributed by atoms with E-state index in [-0.39, 0.29) is 17.9 Å². The molecule has 5 nitrogen and oxygen atoms in total. The highest BCUT2D eigenvalue weighted by atomic mass is 32.1. The van der Waals surface area contributed by atoms with E-state index in [9.17, 15) is 9.59 Å². The van der Waals surface area contributed by atoms with Crippen molar-refractivity contribution in [3.05, 3.63) is 15.6 Å². The molecule has 1 atom stereocenters. The Morgan fingerprint density at radius 1 is 1.32 bits per heavy atom. The number of hydrogen-bond donors (Lipinski definition) is 2. The Labute approximate surface area is 117 Å². The molecule has 1 rings (SSSR count). The standard InChI is InChI=1S/C13H21N3O2S/c1-7(11-8(2)19-10(4)15-11)14-12(18)13(5,6)16-9(3)17/h7H,1-6H3,(H,14,18)(H,16,17). The molecule has 0 aliphatic heterocycles. The van der Waals surface area contributed by atoms with Crippen LogP contribution in [0.1, 0.15) is 49.3 Å². The summed E-state index contributed by atoms with van der Waals surface area (Å²) >= 11 is 1.61. The van der Waals surface area contributed by atoms with E-state index < -0.39 is 5.54 Å².